The summed E-state index contributed by atoms with van der Waals surface area (Å²) in [7, 11) is 1.53. The van der Waals surface area contributed by atoms with Crippen LogP contribution in [0.1, 0.15) is 31.2 Å². The van der Waals surface area contributed by atoms with E-state index in [2.05, 4.69) is 5.32 Å². The Morgan fingerprint density at radius 3 is 2.62 bits per heavy atom. The summed E-state index contributed by atoms with van der Waals surface area (Å²) in [5.41, 5.74) is 0.338. The summed E-state index contributed by atoms with van der Waals surface area (Å²) in [4.78, 5) is 12.5. The first-order valence-corrected chi connectivity index (χ1v) is 7.30. The second-order valence-electron chi connectivity index (χ2n) is 5.60. The fourth-order valence-electron chi connectivity index (χ4n) is 2.74. The van der Waals surface area contributed by atoms with E-state index in [9.17, 15) is 14.3 Å². The number of hydrogen-bond donors (Lipinski definition) is 2. The number of ether oxygens (including phenoxy) is 1. The molecule has 0 bridgehead atoms. The average Bonchev–Trinajstić information content (AvgIpc) is 2.40. The maximum atomic E-state index is 13.0. The lowest BCUT2D eigenvalue weighted by Gasteiger charge is -2.40. The third kappa shape index (κ3) is 3.60. The van der Waals surface area contributed by atoms with E-state index in [0.29, 0.717) is 13.0 Å². The minimum Gasteiger partial charge on any atom is -0.391 e. The molecule has 2 N–H and O–H groups in total. The number of halogens is 1. The van der Waals surface area contributed by atoms with Gasteiger partial charge in [-0.1, -0.05) is 18.6 Å². The Morgan fingerprint density at radius 1 is 1.43 bits per heavy atom. The van der Waals surface area contributed by atoms with Gasteiger partial charge >= 0.3 is 0 Å². The molecule has 2 rings (SSSR count). The van der Waals surface area contributed by atoms with Crippen LogP contribution < -0.4 is 5.32 Å². The minimum absolute atomic E-state index is 0.0371. The molecule has 1 saturated carbocycles. The molecule has 1 aromatic rings. The molecule has 0 spiro atoms. The maximum absolute atomic E-state index is 13.0. The van der Waals surface area contributed by atoms with Crippen LogP contribution in [0.3, 0.4) is 0 Å². The summed E-state index contributed by atoms with van der Waals surface area (Å²) in [6.45, 7) is 0.672. The summed E-state index contributed by atoms with van der Waals surface area (Å²) in [6, 6.07) is 6.16. The van der Waals surface area contributed by atoms with Crippen LogP contribution in [0.4, 0.5) is 4.39 Å². The quantitative estimate of drug-likeness (QED) is 0.806. The third-order valence-corrected chi connectivity index (χ3v) is 4.16. The van der Waals surface area contributed by atoms with E-state index < -0.39 is 11.5 Å². The van der Waals surface area contributed by atoms with Crippen molar-refractivity contribution in [3.05, 3.63) is 35.6 Å². The Hall–Kier alpha value is -1.46. The van der Waals surface area contributed by atoms with Crippen molar-refractivity contribution in [2.24, 2.45) is 0 Å². The van der Waals surface area contributed by atoms with E-state index in [4.69, 9.17) is 4.74 Å². The van der Waals surface area contributed by atoms with Crippen molar-refractivity contribution < 1.29 is 19.0 Å². The first kappa shape index (κ1) is 15.9. The molecule has 1 aliphatic carbocycles. The second-order valence-corrected chi connectivity index (χ2v) is 5.60. The maximum Gasteiger partial charge on any atom is 0.230 e. The highest BCUT2D eigenvalue weighted by Crippen LogP contribution is 2.43. The molecule has 1 fully saturated rings. The number of amides is 1. The van der Waals surface area contributed by atoms with Crippen molar-refractivity contribution in [3.63, 3.8) is 0 Å². The summed E-state index contributed by atoms with van der Waals surface area (Å²) in [5.74, 6) is -0.332. The topological polar surface area (TPSA) is 58.6 Å². The van der Waals surface area contributed by atoms with Gasteiger partial charge in [0.25, 0.3) is 0 Å². The highest BCUT2D eigenvalue weighted by atomic mass is 19.1. The van der Waals surface area contributed by atoms with Gasteiger partial charge in [0.15, 0.2) is 0 Å². The summed E-state index contributed by atoms with van der Waals surface area (Å²) in [6.07, 6.45) is 2.45. The van der Waals surface area contributed by atoms with Crippen LogP contribution in [-0.4, -0.2) is 37.4 Å². The van der Waals surface area contributed by atoms with Gasteiger partial charge < -0.3 is 15.2 Å². The molecule has 116 valence electrons. The molecule has 0 radical (unpaired) electrons. The highest BCUT2D eigenvalue weighted by Gasteiger charge is 2.45. The zero-order valence-corrected chi connectivity index (χ0v) is 12.3. The van der Waals surface area contributed by atoms with Crippen molar-refractivity contribution in [3.8, 4) is 0 Å². The minimum atomic E-state index is -0.571. The number of rotatable bonds is 7. The van der Waals surface area contributed by atoms with Crippen molar-refractivity contribution in [2.45, 2.75) is 37.2 Å². The van der Waals surface area contributed by atoms with Crippen LogP contribution in [0, 0.1) is 5.82 Å². The summed E-state index contributed by atoms with van der Waals surface area (Å²) in [5, 5.41) is 12.4. The van der Waals surface area contributed by atoms with E-state index in [1.807, 2.05) is 0 Å². The summed E-state index contributed by atoms with van der Waals surface area (Å²) < 4.78 is 17.9. The van der Waals surface area contributed by atoms with Gasteiger partial charge in [-0.2, -0.15) is 0 Å². The molecule has 0 aliphatic heterocycles. The number of carbonyl (C=O) groups excluding carboxylic acids is 1. The van der Waals surface area contributed by atoms with Gasteiger partial charge in [0.05, 0.1) is 18.1 Å². The van der Waals surface area contributed by atoms with E-state index in [1.54, 1.807) is 12.1 Å². The van der Waals surface area contributed by atoms with Crippen LogP contribution in [-0.2, 0) is 14.9 Å². The fraction of sp³-hybridized carbons (Fsp3) is 0.562. The zero-order valence-electron chi connectivity index (χ0n) is 12.3. The van der Waals surface area contributed by atoms with Gasteiger partial charge in [0.1, 0.15) is 5.82 Å². The second kappa shape index (κ2) is 7.00. The van der Waals surface area contributed by atoms with Gasteiger partial charge in [0.2, 0.25) is 5.91 Å². The lowest BCUT2D eigenvalue weighted by atomic mass is 9.64. The number of nitrogens with one attached hydrogen (secondary N) is 1. The Balaban J connectivity index is 1.94. The lowest BCUT2D eigenvalue weighted by Crippen LogP contribution is -2.49. The van der Waals surface area contributed by atoms with E-state index in [0.717, 1.165) is 24.8 Å². The predicted molar refractivity (Wildman–Crippen MR) is 77.4 cm³/mol. The lowest BCUT2D eigenvalue weighted by molar-refractivity contribution is -0.130. The Bertz CT molecular complexity index is 471. The van der Waals surface area contributed by atoms with Crippen LogP contribution in [0.15, 0.2) is 24.3 Å². The molecule has 0 aromatic heterocycles. The highest BCUT2D eigenvalue weighted by molar-refractivity contribution is 5.89. The van der Waals surface area contributed by atoms with E-state index in [-0.39, 0.29) is 18.3 Å². The van der Waals surface area contributed by atoms with Crippen LogP contribution in [0.2, 0.25) is 0 Å². The number of benzene rings is 1. The number of carbonyl (C=O) groups is 1. The molecule has 0 saturated heterocycles. The summed E-state index contributed by atoms with van der Waals surface area (Å²) >= 11 is 0. The number of hydrogen-bond acceptors (Lipinski definition) is 3. The van der Waals surface area contributed by atoms with E-state index >= 15 is 0 Å². The van der Waals surface area contributed by atoms with Crippen LogP contribution in [0.5, 0.6) is 0 Å². The SMILES string of the molecule is COCC(O)CCNC(=O)C1(c2ccc(F)cc2)CCC1. The molecule has 1 aliphatic rings. The predicted octanol–water partition coefficient (Wildman–Crippen LogP) is 1.76. The average molecular weight is 295 g/mol. The Morgan fingerprint density at radius 2 is 2.10 bits per heavy atom. The molecule has 1 aromatic carbocycles. The van der Waals surface area contributed by atoms with Crippen LogP contribution in [0.25, 0.3) is 0 Å². The Kier molecular flexibility index (Phi) is 5.31. The van der Waals surface area contributed by atoms with Gasteiger partial charge in [-0.05, 0) is 37.0 Å². The van der Waals surface area contributed by atoms with Gasteiger partial charge in [-0.25, -0.2) is 4.39 Å². The number of aliphatic hydroxyl groups is 1. The van der Waals surface area contributed by atoms with Crippen LogP contribution >= 0.6 is 0 Å². The van der Waals surface area contributed by atoms with E-state index in [1.165, 1.54) is 19.2 Å². The first-order chi connectivity index (χ1) is 10.1. The van der Waals surface area contributed by atoms with Gasteiger partial charge in [-0.3, -0.25) is 4.79 Å². The van der Waals surface area contributed by atoms with Crippen molar-refractivity contribution in [1.29, 1.82) is 0 Å². The third-order valence-electron chi connectivity index (χ3n) is 4.16. The molecular formula is C16H22FNO3. The smallest absolute Gasteiger partial charge is 0.230 e. The molecule has 1 atom stereocenters. The standard InChI is InChI=1S/C16H22FNO3/c1-21-11-14(19)7-10-18-15(20)16(8-2-9-16)12-3-5-13(17)6-4-12/h3-6,14,19H,2,7-11H2,1H3,(H,18,20). The molecule has 5 heteroatoms. The molecule has 0 heterocycles. The molecule has 1 unspecified atom stereocenters. The molecule has 1 amide bonds. The molecule has 21 heavy (non-hydrogen) atoms. The fourth-order valence-corrected chi connectivity index (χ4v) is 2.74. The Labute approximate surface area is 124 Å². The van der Waals surface area contributed by atoms with Gasteiger partial charge in [0, 0.05) is 13.7 Å². The molecular weight excluding hydrogens is 273 g/mol. The zero-order chi connectivity index (χ0) is 15.3. The monoisotopic (exact) mass is 295 g/mol. The van der Waals surface area contributed by atoms with Crippen molar-refractivity contribution in [1.82, 2.24) is 5.32 Å². The number of aliphatic hydroxyl groups excluding tert-OH is 1. The van der Waals surface area contributed by atoms with Crippen molar-refractivity contribution >= 4 is 5.91 Å². The largest absolute Gasteiger partial charge is 0.391 e. The van der Waals surface area contributed by atoms with Crippen molar-refractivity contribution in [2.75, 3.05) is 20.3 Å². The van der Waals surface area contributed by atoms with Gasteiger partial charge in [-0.15, -0.1) is 0 Å². The normalized spacial score (nSPS) is 17.9. The molecule has 4 nitrogen and oxygen atoms in total. The first-order valence-electron chi connectivity index (χ1n) is 7.30. The number of methoxy groups -OCH3 is 1.